The van der Waals surface area contributed by atoms with Crippen molar-refractivity contribution < 1.29 is 13.9 Å². The number of hydrogen-bond donors (Lipinski definition) is 2. The number of nitrogens with two attached hydrogens (primary N) is 1. The van der Waals surface area contributed by atoms with Crippen LogP contribution in [0.15, 0.2) is 54.6 Å². The molecular weight excluding hydrogens is 308 g/mol. The predicted octanol–water partition coefficient (Wildman–Crippen LogP) is 4.04. The maximum Gasteiger partial charge on any atom is 0.289 e. The van der Waals surface area contributed by atoms with E-state index < -0.39 is 18.6 Å². The van der Waals surface area contributed by atoms with E-state index in [4.69, 9.17) is 10.8 Å². The topological polar surface area (TPSA) is 46.2 Å². The fraction of sp³-hybridized carbons (Fsp3) is 0.176. The summed E-state index contributed by atoms with van der Waals surface area (Å²) in [5.41, 5.74) is 6.18. The van der Waals surface area contributed by atoms with Crippen LogP contribution < -0.4 is 5.73 Å². The zero-order chi connectivity index (χ0) is 15.0. The van der Waals surface area contributed by atoms with Crippen LogP contribution in [0.1, 0.15) is 11.6 Å². The van der Waals surface area contributed by atoms with E-state index in [0.717, 1.165) is 10.8 Å². The van der Waals surface area contributed by atoms with Gasteiger partial charge in [0.2, 0.25) is 0 Å². The van der Waals surface area contributed by atoms with E-state index in [2.05, 4.69) is 0 Å². The minimum Gasteiger partial charge on any atom is -0.390 e. The van der Waals surface area contributed by atoms with Gasteiger partial charge in [0.05, 0.1) is 6.04 Å². The van der Waals surface area contributed by atoms with Gasteiger partial charge in [-0.2, -0.15) is 0 Å². The molecule has 2 nitrogen and oxygen atoms in total. The lowest BCUT2D eigenvalue weighted by Gasteiger charge is -2.24. The van der Waals surface area contributed by atoms with Crippen LogP contribution >= 0.6 is 12.4 Å². The minimum absolute atomic E-state index is 0. The molecule has 5 heteroatoms. The molecule has 3 aromatic rings. The van der Waals surface area contributed by atoms with Crippen molar-refractivity contribution in [2.75, 3.05) is 6.61 Å². The largest absolute Gasteiger partial charge is 0.390 e. The number of halogens is 3. The van der Waals surface area contributed by atoms with Crippen molar-refractivity contribution in [1.29, 1.82) is 0 Å². The summed E-state index contributed by atoms with van der Waals surface area (Å²) in [4.78, 5) is 0. The maximum absolute atomic E-state index is 13.9. The number of hydrogen-bond acceptors (Lipinski definition) is 2. The highest BCUT2D eigenvalue weighted by atomic mass is 35.5. The average molecular weight is 324 g/mol. The number of rotatable bonds is 3. The summed E-state index contributed by atoms with van der Waals surface area (Å²) >= 11 is 0. The Morgan fingerprint density at radius 3 is 1.86 bits per heavy atom. The van der Waals surface area contributed by atoms with Crippen LogP contribution in [-0.4, -0.2) is 17.6 Å². The molecule has 0 aliphatic rings. The summed E-state index contributed by atoms with van der Waals surface area (Å²) in [6.07, 6.45) is 0. The number of aliphatic hydroxyl groups excluding tert-OH is 1. The smallest absolute Gasteiger partial charge is 0.289 e. The summed E-state index contributed by atoms with van der Waals surface area (Å²) in [5, 5.41) is 12.0. The van der Waals surface area contributed by atoms with Crippen LogP contribution in [0.4, 0.5) is 8.78 Å². The summed E-state index contributed by atoms with van der Waals surface area (Å²) < 4.78 is 27.8. The fourth-order valence-corrected chi connectivity index (χ4v) is 2.69. The molecule has 0 heterocycles. The van der Waals surface area contributed by atoms with E-state index in [0.29, 0.717) is 16.3 Å². The molecule has 0 aliphatic heterocycles. The molecule has 0 aromatic heterocycles. The molecule has 0 saturated heterocycles. The molecule has 116 valence electrons. The van der Waals surface area contributed by atoms with Gasteiger partial charge in [0, 0.05) is 0 Å². The first kappa shape index (κ1) is 16.6. The van der Waals surface area contributed by atoms with Gasteiger partial charge in [-0.3, -0.25) is 0 Å². The molecule has 3 aromatic carbocycles. The first-order valence-electron chi connectivity index (χ1n) is 6.69. The molecule has 0 radical (unpaired) electrons. The van der Waals surface area contributed by atoms with E-state index in [-0.39, 0.29) is 12.4 Å². The van der Waals surface area contributed by atoms with Gasteiger partial charge < -0.3 is 10.8 Å². The van der Waals surface area contributed by atoms with Gasteiger partial charge >= 0.3 is 0 Å². The third-order valence-corrected chi connectivity index (χ3v) is 3.79. The van der Waals surface area contributed by atoms with Crippen molar-refractivity contribution in [3.8, 4) is 0 Å². The van der Waals surface area contributed by atoms with Crippen LogP contribution in [0.25, 0.3) is 21.5 Å². The van der Waals surface area contributed by atoms with Crippen LogP contribution in [0.5, 0.6) is 0 Å². The third kappa shape index (κ3) is 2.65. The Kier molecular flexibility index (Phi) is 4.66. The van der Waals surface area contributed by atoms with Crippen LogP contribution in [0.3, 0.4) is 0 Å². The molecular formula is C17H16ClF2NO. The quantitative estimate of drug-likeness (QED) is 0.714. The standard InChI is InChI=1S/C17H15F2NO.ClH/c18-17(19,10-21)16(20)15-13-7-3-1-5-11(13)9-12-6-2-4-8-14(12)15;/h1-9,16,21H,10,20H2;1H/t16-;/m1./s1. The summed E-state index contributed by atoms with van der Waals surface area (Å²) in [5.74, 6) is -3.37. The Bertz CT molecular complexity index is 753. The predicted molar refractivity (Wildman–Crippen MR) is 87.7 cm³/mol. The number of fused-ring (bicyclic) bond motifs is 2. The van der Waals surface area contributed by atoms with Gasteiger partial charge in [-0.15, -0.1) is 12.4 Å². The van der Waals surface area contributed by atoms with Crippen molar-refractivity contribution in [2.24, 2.45) is 5.73 Å². The summed E-state index contributed by atoms with van der Waals surface area (Å²) in [7, 11) is 0. The molecule has 0 fully saturated rings. The highest BCUT2D eigenvalue weighted by Gasteiger charge is 2.38. The average Bonchev–Trinajstić information content (AvgIpc) is 2.51. The Hall–Kier alpha value is -1.75. The van der Waals surface area contributed by atoms with Gasteiger partial charge in [-0.05, 0) is 33.2 Å². The van der Waals surface area contributed by atoms with Crippen molar-refractivity contribution in [3.05, 3.63) is 60.2 Å². The first-order valence-corrected chi connectivity index (χ1v) is 6.69. The van der Waals surface area contributed by atoms with Gasteiger partial charge in [-0.1, -0.05) is 48.5 Å². The van der Waals surface area contributed by atoms with Crippen LogP contribution in [0, 0.1) is 0 Å². The zero-order valence-electron chi connectivity index (χ0n) is 11.7. The molecule has 0 bridgehead atoms. The highest BCUT2D eigenvalue weighted by molar-refractivity contribution is 6.02. The fourth-order valence-electron chi connectivity index (χ4n) is 2.69. The minimum atomic E-state index is -3.37. The molecule has 1 atom stereocenters. The number of alkyl halides is 2. The molecule has 0 spiro atoms. The molecule has 0 unspecified atom stereocenters. The number of aliphatic hydroxyl groups is 1. The lowest BCUT2D eigenvalue weighted by molar-refractivity contribution is -0.0705. The van der Waals surface area contributed by atoms with E-state index in [1.165, 1.54) is 0 Å². The summed E-state index contributed by atoms with van der Waals surface area (Å²) in [6, 6.07) is 15.0. The van der Waals surface area contributed by atoms with Crippen molar-refractivity contribution in [2.45, 2.75) is 12.0 Å². The molecule has 22 heavy (non-hydrogen) atoms. The van der Waals surface area contributed by atoms with E-state index in [1.54, 1.807) is 24.3 Å². The lowest BCUT2D eigenvalue weighted by Crippen LogP contribution is -2.36. The Balaban J connectivity index is 0.00000176. The van der Waals surface area contributed by atoms with Gasteiger partial charge in [-0.25, -0.2) is 8.78 Å². The van der Waals surface area contributed by atoms with Crippen molar-refractivity contribution in [1.82, 2.24) is 0 Å². The monoisotopic (exact) mass is 323 g/mol. The Labute approximate surface area is 133 Å². The Morgan fingerprint density at radius 1 is 0.955 bits per heavy atom. The van der Waals surface area contributed by atoms with E-state index in [1.807, 2.05) is 30.3 Å². The van der Waals surface area contributed by atoms with Crippen LogP contribution in [0.2, 0.25) is 0 Å². The SMILES string of the molecule is Cl.N[C@H](c1c2ccccc2cc2ccccc12)C(F)(F)CO. The summed E-state index contributed by atoms with van der Waals surface area (Å²) in [6.45, 7) is -1.27. The molecule has 0 amide bonds. The van der Waals surface area contributed by atoms with Crippen molar-refractivity contribution >= 4 is 34.0 Å². The van der Waals surface area contributed by atoms with Crippen LogP contribution in [-0.2, 0) is 0 Å². The second-order valence-corrected chi connectivity index (χ2v) is 5.13. The highest BCUT2D eigenvalue weighted by Crippen LogP contribution is 2.38. The van der Waals surface area contributed by atoms with Gasteiger partial charge in [0.1, 0.15) is 6.61 Å². The van der Waals surface area contributed by atoms with E-state index in [9.17, 15) is 8.78 Å². The molecule has 0 aliphatic carbocycles. The van der Waals surface area contributed by atoms with Crippen molar-refractivity contribution in [3.63, 3.8) is 0 Å². The lowest BCUT2D eigenvalue weighted by atomic mass is 9.90. The number of benzene rings is 3. The second-order valence-electron chi connectivity index (χ2n) is 5.13. The maximum atomic E-state index is 13.9. The zero-order valence-corrected chi connectivity index (χ0v) is 12.5. The van der Waals surface area contributed by atoms with Gasteiger partial charge in [0.15, 0.2) is 0 Å². The molecule has 0 saturated carbocycles. The van der Waals surface area contributed by atoms with Gasteiger partial charge in [0.25, 0.3) is 5.92 Å². The third-order valence-electron chi connectivity index (χ3n) is 3.79. The molecule has 3 rings (SSSR count). The van der Waals surface area contributed by atoms with E-state index >= 15 is 0 Å². The Morgan fingerprint density at radius 2 is 1.41 bits per heavy atom. The normalized spacial score (nSPS) is 13.1. The first-order chi connectivity index (χ1) is 10.0. The molecule has 3 N–H and O–H groups in total. The second kappa shape index (κ2) is 6.16.